The van der Waals surface area contributed by atoms with Gasteiger partial charge in [0.05, 0.1) is 24.4 Å². The maximum absolute atomic E-state index is 12.9. The molecule has 4 heteroatoms. The van der Waals surface area contributed by atoms with Crippen molar-refractivity contribution in [2.75, 3.05) is 4.90 Å². The van der Waals surface area contributed by atoms with Gasteiger partial charge in [-0.05, 0) is 48.5 Å². The zero-order chi connectivity index (χ0) is 16.1. The highest BCUT2D eigenvalue weighted by Crippen LogP contribution is 2.20. The lowest BCUT2D eigenvalue weighted by Crippen LogP contribution is -2.30. The van der Waals surface area contributed by atoms with E-state index in [0.717, 1.165) is 5.69 Å². The Morgan fingerprint density at radius 3 is 2.35 bits per heavy atom. The Hall–Kier alpha value is -3.32. The summed E-state index contributed by atoms with van der Waals surface area (Å²) in [7, 11) is 0. The van der Waals surface area contributed by atoms with Crippen molar-refractivity contribution in [3.8, 4) is 6.07 Å². The standard InChI is InChI=1S/C19H14N2O2/c20-13-15-8-10-16(11-9-15)19(22)21(14-18-7-4-12-23-18)17-5-2-1-3-6-17/h1-12H,14H2. The van der Waals surface area contributed by atoms with Crippen molar-refractivity contribution in [1.29, 1.82) is 5.26 Å². The monoisotopic (exact) mass is 302 g/mol. The van der Waals surface area contributed by atoms with Gasteiger partial charge in [0.15, 0.2) is 0 Å². The van der Waals surface area contributed by atoms with Gasteiger partial charge in [0, 0.05) is 11.3 Å². The van der Waals surface area contributed by atoms with Crippen LogP contribution in [0.3, 0.4) is 0 Å². The Morgan fingerprint density at radius 2 is 1.74 bits per heavy atom. The number of carbonyl (C=O) groups excluding carboxylic acids is 1. The van der Waals surface area contributed by atoms with E-state index >= 15 is 0 Å². The number of amides is 1. The van der Waals surface area contributed by atoms with Gasteiger partial charge in [-0.15, -0.1) is 0 Å². The first-order valence-electron chi connectivity index (χ1n) is 7.17. The van der Waals surface area contributed by atoms with Crippen LogP contribution in [0.1, 0.15) is 21.7 Å². The van der Waals surface area contributed by atoms with E-state index < -0.39 is 0 Å². The van der Waals surface area contributed by atoms with Gasteiger partial charge in [0.25, 0.3) is 5.91 Å². The van der Waals surface area contributed by atoms with Crippen LogP contribution >= 0.6 is 0 Å². The molecular formula is C19H14N2O2. The first-order valence-corrected chi connectivity index (χ1v) is 7.17. The van der Waals surface area contributed by atoms with Gasteiger partial charge >= 0.3 is 0 Å². The SMILES string of the molecule is N#Cc1ccc(C(=O)N(Cc2ccco2)c2ccccc2)cc1. The molecule has 3 rings (SSSR count). The molecule has 1 amide bonds. The summed E-state index contributed by atoms with van der Waals surface area (Å²) in [6.45, 7) is 0.343. The average molecular weight is 302 g/mol. The fraction of sp³-hybridized carbons (Fsp3) is 0.0526. The Kier molecular flexibility index (Phi) is 4.21. The fourth-order valence-corrected chi connectivity index (χ4v) is 2.29. The van der Waals surface area contributed by atoms with Crippen LogP contribution in [0.5, 0.6) is 0 Å². The number of hydrogen-bond acceptors (Lipinski definition) is 3. The molecule has 1 aromatic heterocycles. The number of nitrogens with zero attached hydrogens (tertiary/aromatic N) is 2. The normalized spacial score (nSPS) is 10.0. The number of hydrogen-bond donors (Lipinski definition) is 0. The van der Waals surface area contributed by atoms with E-state index in [1.54, 1.807) is 41.5 Å². The van der Waals surface area contributed by atoms with Crippen LogP contribution in [0.15, 0.2) is 77.4 Å². The van der Waals surface area contributed by atoms with E-state index in [1.807, 2.05) is 36.4 Å². The first kappa shape index (κ1) is 14.6. The van der Waals surface area contributed by atoms with Crippen LogP contribution in [0.2, 0.25) is 0 Å². The van der Waals surface area contributed by atoms with Crippen molar-refractivity contribution in [2.45, 2.75) is 6.54 Å². The Morgan fingerprint density at radius 1 is 1.00 bits per heavy atom. The smallest absolute Gasteiger partial charge is 0.258 e. The van der Waals surface area contributed by atoms with E-state index in [2.05, 4.69) is 6.07 Å². The molecule has 0 aliphatic carbocycles. The van der Waals surface area contributed by atoms with Crippen molar-refractivity contribution >= 4 is 11.6 Å². The predicted molar refractivity (Wildman–Crippen MR) is 86.8 cm³/mol. The molecule has 3 aromatic rings. The van der Waals surface area contributed by atoms with Crippen LogP contribution in [0, 0.1) is 11.3 Å². The maximum Gasteiger partial charge on any atom is 0.258 e. The summed E-state index contributed by atoms with van der Waals surface area (Å²) in [6, 6.07) is 21.7. The van der Waals surface area contributed by atoms with Crippen molar-refractivity contribution in [2.24, 2.45) is 0 Å². The molecule has 0 N–H and O–H groups in total. The number of nitriles is 1. The second-order valence-corrected chi connectivity index (χ2v) is 5.00. The predicted octanol–water partition coefficient (Wildman–Crippen LogP) is 4.00. The van der Waals surface area contributed by atoms with Crippen molar-refractivity contribution in [3.63, 3.8) is 0 Å². The molecule has 0 bridgehead atoms. The van der Waals surface area contributed by atoms with Gasteiger partial charge in [-0.2, -0.15) is 5.26 Å². The second-order valence-electron chi connectivity index (χ2n) is 5.00. The molecule has 0 unspecified atom stereocenters. The summed E-state index contributed by atoms with van der Waals surface area (Å²) in [6.07, 6.45) is 1.59. The molecule has 112 valence electrons. The minimum absolute atomic E-state index is 0.142. The minimum Gasteiger partial charge on any atom is -0.467 e. The molecule has 0 aliphatic rings. The fourth-order valence-electron chi connectivity index (χ4n) is 2.29. The van der Waals surface area contributed by atoms with Crippen molar-refractivity contribution in [3.05, 3.63) is 89.9 Å². The topological polar surface area (TPSA) is 57.2 Å². The van der Waals surface area contributed by atoms with Gasteiger partial charge < -0.3 is 9.32 Å². The van der Waals surface area contributed by atoms with Gasteiger partial charge in [-0.25, -0.2) is 0 Å². The van der Waals surface area contributed by atoms with Crippen LogP contribution in [0.25, 0.3) is 0 Å². The molecule has 1 heterocycles. The molecular weight excluding hydrogens is 288 g/mol. The van der Waals surface area contributed by atoms with E-state index in [-0.39, 0.29) is 5.91 Å². The third kappa shape index (κ3) is 3.30. The summed E-state index contributed by atoms with van der Waals surface area (Å²) in [5, 5.41) is 8.87. The van der Waals surface area contributed by atoms with Gasteiger partial charge in [-0.3, -0.25) is 4.79 Å². The van der Waals surface area contributed by atoms with Gasteiger partial charge in [0.1, 0.15) is 5.76 Å². The number of benzene rings is 2. The quantitative estimate of drug-likeness (QED) is 0.732. The summed E-state index contributed by atoms with van der Waals surface area (Å²) < 4.78 is 5.37. The highest BCUT2D eigenvalue weighted by Gasteiger charge is 2.19. The van der Waals surface area contributed by atoms with Crippen LogP contribution in [0.4, 0.5) is 5.69 Å². The highest BCUT2D eigenvalue weighted by molar-refractivity contribution is 6.06. The molecule has 0 atom stereocenters. The summed E-state index contributed by atoms with van der Waals surface area (Å²) in [5.74, 6) is 0.563. The third-order valence-corrected chi connectivity index (χ3v) is 3.47. The van der Waals surface area contributed by atoms with Crippen LogP contribution < -0.4 is 4.90 Å². The summed E-state index contributed by atoms with van der Waals surface area (Å²) in [4.78, 5) is 14.5. The molecule has 23 heavy (non-hydrogen) atoms. The highest BCUT2D eigenvalue weighted by atomic mass is 16.3. The lowest BCUT2D eigenvalue weighted by atomic mass is 10.1. The largest absolute Gasteiger partial charge is 0.467 e. The summed E-state index contributed by atoms with van der Waals surface area (Å²) >= 11 is 0. The minimum atomic E-state index is -0.142. The van der Waals surface area contributed by atoms with Crippen LogP contribution in [-0.2, 0) is 6.54 Å². The molecule has 0 aliphatic heterocycles. The number of rotatable bonds is 4. The van der Waals surface area contributed by atoms with E-state index in [1.165, 1.54) is 0 Å². The van der Waals surface area contributed by atoms with E-state index in [9.17, 15) is 4.79 Å². The Bertz CT molecular complexity index is 816. The lowest BCUT2D eigenvalue weighted by molar-refractivity contribution is 0.0983. The number of carbonyl (C=O) groups is 1. The van der Waals surface area contributed by atoms with E-state index in [0.29, 0.717) is 23.4 Å². The van der Waals surface area contributed by atoms with Crippen molar-refractivity contribution < 1.29 is 9.21 Å². The molecule has 0 spiro atoms. The number of para-hydroxylation sites is 1. The molecule has 0 saturated heterocycles. The first-order chi connectivity index (χ1) is 11.3. The third-order valence-electron chi connectivity index (χ3n) is 3.47. The molecule has 0 fully saturated rings. The zero-order valence-corrected chi connectivity index (χ0v) is 12.3. The van der Waals surface area contributed by atoms with E-state index in [4.69, 9.17) is 9.68 Å². The second kappa shape index (κ2) is 6.63. The van der Waals surface area contributed by atoms with Gasteiger partial charge in [-0.1, -0.05) is 18.2 Å². The Labute approximate surface area is 134 Å². The van der Waals surface area contributed by atoms with Crippen LogP contribution in [-0.4, -0.2) is 5.91 Å². The average Bonchev–Trinajstić information content (AvgIpc) is 3.13. The lowest BCUT2D eigenvalue weighted by Gasteiger charge is -2.22. The van der Waals surface area contributed by atoms with Crippen molar-refractivity contribution in [1.82, 2.24) is 0 Å². The number of furan rings is 1. The zero-order valence-electron chi connectivity index (χ0n) is 12.3. The molecule has 4 nitrogen and oxygen atoms in total. The maximum atomic E-state index is 12.9. The van der Waals surface area contributed by atoms with Gasteiger partial charge in [0.2, 0.25) is 0 Å². The molecule has 0 saturated carbocycles. The molecule has 0 radical (unpaired) electrons. The molecule has 2 aromatic carbocycles. The number of anilines is 1. The Balaban J connectivity index is 1.93. The summed E-state index contributed by atoms with van der Waals surface area (Å²) in [5.41, 5.74) is 1.84.